The van der Waals surface area contributed by atoms with Crippen LogP contribution in [0.1, 0.15) is 5.56 Å². The predicted molar refractivity (Wildman–Crippen MR) is 55.5 cm³/mol. The van der Waals surface area contributed by atoms with Gasteiger partial charge in [0.05, 0.1) is 6.16 Å². The van der Waals surface area contributed by atoms with Crippen molar-refractivity contribution in [2.45, 2.75) is 6.16 Å². The van der Waals surface area contributed by atoms with Gasteiger partial charge >= 0.3 is 37.2 Å². The molecule has 0 aromatic heterocycles. The van der Waals surface area contributed by atoms with Crippen molar-refractivity contribution in [2.24, 2.45) is 0 Å². The van der Waals surface area contributed by atoms with Gasteiger partial charge in [-0.25, -0.2) is 0 Å². The Bertz CT molecular complexity index is 402. The van der Waals surface area contributed by atoms with E-state index in [1.54, 1.807) is 18.2 Å². The fourth-order valence-corrected chi connectivity index (χ4v) is 1.95. The summed E-state index contributed by atoms with van der Waals surface area (Å²) in [5, 5.41) is 0. The van der Waals surface area contributed by atoms with Crippen molar-refractivity contribution in [3.63, 3.8) is 0 Å². The normalized spacial score (nSPS) is 13.5. The van der Waals surface area contributed by atoms with Gasteiger partial charge in [0, 0.05) is 0 Å². The Kier molecular flexibility index (Phi) is 4.23. The fraction of sp³-hybridized carbons (Fsp3) is 0.250. The van der Waals surface area contributed by atoms with Crippen LogP contribution in [0.2, 0.25) is 0 Å². The second kappa shape index (κ2) is 4.87. The van der Waals surface area contributed by atoms with Gasteiger partial charge in [0.1, 0.15) is 0 Å². The Hall–Kier alpha value is -0.0300. The molecule has 2 rings (SSSR count). The summed E-state index contributed by atoms with van der Waals surface area (Å²) in [6.45, 7) is 0.161. The molecule has 1 aromatic rings. The predicted octanol–water partition coefficient (Wildman–Crippen LogP) is 0.444. The second-order valence-electron chi connectivity index (χ2n) is 3.01. The van der Waals surface area contributed by atoms with Crippen LogP contribution in [0.4, 0.5) is 0 Å². The van der Waals surface area contributed by atoms with Crippen molar-refractivity contribution in [2.75, 3.05) is 6.79 Å². The zero-order valence-electron chi connectivity index (χ0n) is 7.21. The van der Waals surface area contributed by atoms with Gasteiger partial charge in [-0.2, -0.15) is 0 Å². The molecule has 0 fully saturated rings. The monoisotopic (exact) mass is 240 g/mol. The molecule has 1 aliphatic heterocycles. The van der Waals surface area contributed by atoms with Gasteiger partial charge in [0.15, 0.2) is 11.5 Å². The van der Waals surface area contributed by atoms with Crippen molar-refractivity contribution >= 4 is 37.2 Å². The fourth-order valence-electron chi connectivity index (χ4n) is 1.28. The van der Waals surface area contributed by atoms with Crippen LogP contribution >= 0.6 is 7.60 Å². The third-order valence-corrected chi connectivity index (χ3v) is 2.60. The molecule has 0 amide bonds. The molecule has 1 aromatic carbocycles. The van der Waals surface area contributed by atoms with Gasteiger partial charge < -0.3 is 19.3 Å². The Morgan fingerprint density at radius 2 is 1.93 bits per heavy atom. The first-order valence-corrected chi connectivity index (χ1v) is 5.77. The summed E-state index contributed by atoms with van der Waals surface area (Å²) in [4.78, 5) is 17.5. The standard InChI is InChI=1S/C8H9O5P.Na.H/c9-14(10,11)4-6-1-2-7-8(3-6)13-5-12-7;;/h1-3H,4-5H2,(H2,9,10,11);;. The summed E-state index contributed by atoms with van der Waals surface area (Å²) in [7, 11) is -4.01. The summed E-state index contributed by atoms with van der Waals surface area (Å²) in [5.74, 6) is 1.15. The van der Waals surface area contributed by atoms with Crippen LogP contribution in [0.3, 0.4) is 0 Å². The van der Waals surface area contributed by atoms with Crippen LogP contribution in [0.15, 0.2) is 18.2 Å². The maximum atomic E-state index is 10.7. The second-order valence-corrected chi connectivity index (χ2v) is 4.66. The first-order valence-electron chi connectivity index (χ1n) is 3.98. The van der Waals surface area contributed by atoms with Crippen molar-refractivity contribution in [3.8, 4) is 11.5 Å². The van der Waals surface area contributed by atoms with E-state index < -0.39 is 7.60 Å². The average Bonchev–Trinajstić information content (AvgIpc) is 2.47. The number of rotatable bonds is 2. The van der Waals surface area contributed by atoms with Crippen LogP contribution in [-0.4, -0.2) is 46.1 Å². The molecule has 0 radical (unpaired) electrons. The first kappa shape index (κ1) is 13.0. The Morgan fingerprint density at radius 3 is 2.60 bits per heavy atom. The summed E-state index contributed by atoms with van der Waals surface area (Å²) in [6.07, 6.45) is -0.274. The van der Waals surface area contributed by atoms with E-state index in [1.807, 2.05) is 0 Å². The summed E-state index contributed by atoms with van der Waals surface area (Å²) < 4.78 is 20.9. The molecule has 5 nitrogen and oxygen atoms in total. The van der Waals surface area contributed by atoms with Gasteiger partial charge in [0.25, 0.3) is 0 Å². The van der Waals surface area contributed by atoms with Gasteiger partial charge in [-0.1, -0.05) is 6.07 Å². The van der Waals surface area contributed by atoms with Crippen molar-refractivity contribution in [3.05, 3.63) is 23.8 Å². The summed E-state index contributed by atoms with van der Waals surface area (Å²) in [6, 6.07) is 4.85. The minimum atomic E-state index is -4.01. The summed E-state index contributed by atoms with van der Waals surface area (Å²) >= 11 is 0. The van der Waals surface area contributed by atoms with E-state index in [-0.39, 0.29) is 42.5 Å². The number of hydrogen-bond acceptors (Lipinski definition) is 3. The maximum absolute atomic E-state index is 10.7. The molecule has 15 heavy (non-hydrogen) atoms. The van der Waals surface area contributed by atoms with Gasteiger partial charge in [-0.05, 0) is 17.7 Å². The topological polar surface area (TPSA) is 76.0 Å². The molecule has 0 bridgehead atoms. The van der Waals surface area contributed by atoms with Crippen molar-refractivity contribution < 1.29 is 23.8 Å². The molecule has 78 valence electrons. The van der Waals surface area contributed by atoms with Crippen molar-refractivity contribution in [1.29, 1.82) is 0 Å². The Balaban J connectivity index is 0.00000112. The molecular weight excluding hydrogens is 230 g/mol. The molecule has 1 aliphatic rings. The quantitative estimate of drug-likeness (QED) is 0.579. The third-order valence-electron chi connectivity index (χ3n) is 1.83. The zero-order valence-corrected chi connectivity index (χ0v) is 8.11. The molecule has 0 saturated heterocycles. The number of hydrogen-bond donors (Lipinski definition) is 2. The number of benzene rings is 1. The van der Waals surface area contributed by atoms with Gasteiger partial charge in [-0.3, -0.25) is 4.57 Å². The number of fused-ring (bicyclic) bond motifs is 1. The van der Waals surface area contributed by atoms with E-state index in [0.29, 0.717) is 17.1 Å². The Morgan fingerprint density at radius 1 is 1.27 bits per heavy atom. The average molecular weight is 240 g/mol. The molecule has 7 heteroatoms. The molecule has 0 aliphatic carbocycles. The molecule has 0 spiro atoms. The molecule has 2 N–H and O–H groups in total. The van der Waals surface area contributed by atoms with Gasteiger partial charge in [0.2, 0.25) is 6.79 Å². The van der Waals surface area contributed by atoms with E-state index in [2.05, 4.69) is 0 Å². The van der Waals surface area contributed by atoms with Gasteiger partial charge in [-0.15, -0.1) is 0 Å². The van der Waals surface area contributed by atoms with Crippen LogP contribution in [0, 0.1) is 0 Å². The number of ether oxygens (including phenoxy) is 2. The molecule has 1 heterocycles. The molecule has 0 saturated carbocycles. The molecule has 0 unspecified atom stereocenters. The summed E-state index contributed by atoms with van der Waals surface area (Å²) in [5.41, 5.74) is 0.544. The van der Waals surface area contributed by atoms with E-state index in [4.69, 9.17) is 19.3 Å². The third kappa shape index (κ3) is 3.48. The zero-order chi connectivity index (χ0) is 10.2. The van der Waals surface area contributed by atoms with Crippen LogP contribution < -0.4 is 9.47 Å². The van der Waals surface area contributed by atoms with Crippen LogP contribution in [-0.2, 0) is 10.7 Å². The van der Waals surface area contributed by atoms with Crippen LogP contribution in [0.25, 0.3) is 0 Å². The molecule has 0 atom stereocenters. The van der Waals surface area contributed by atoms with E-state index in [0.717, 1.165) is 0 Å². The van der Waals surface area contributed by atoms with Crippen LogP contribution in [0.5, 0.6) is 11.5 Å². The Labute approximate surface area is 109 Å². The van der Waals surface area contributed by atoms with E-state index in [9.17, 15) is 4.57 Å². The molecular formula is C8H10NaO5P. The first-order chi connectivity index (χ1) is 6.54. The van der Waals surface area contributed by atoms with Crippen molar-refractivity contribution in [1.82, 2.24) is 0 Å². The SMILES string of the molecule is O=P(O)(O)Cc1ccc2c(c1)OCO2.[NaH]. The van der Waals surface area contributed by atoms with E-state index in [1.165, 1.54) is 0 Å². The minimum absolute atomic E-state index is 0. The van der Waals surface area contributed by atoms with E-state index >= 15 is 0 Å².